The molecular weight excluding hydrogens is 372 g/mol. The number of Topliss-reactive ketones (excluding diaryl/α,β-unsaturated/α-hetero) is 1. The smallest absolute Gasteiger partial charge is 0.282 e. The number of carbonyl (C=O) groups is 3. The van der Waals surface area contributed by atoms with Crippen LogP contribution in [-0.2, 0) is 9.59 Å². The largest absolute Gasteiger partial charge is 0.348 e. The lowest BCUT2D eigenvalue weighted by Gasteiger charge is -2.24. The van der Waals surface area contributed by atoms with Crippen molar-refractivity contribution in [1.82, 2.24) is 5.32 Å². The standard InChI is InChI=1S/C19H15ClN2O5/c1-10-2-3-11(6-15(10)16-8-13(23)9-18(24)21-16)19(25)14-5-4-12(20)7-17(14)22(26)27/h2-7,16H,8-9H2,1H3,(H,21,24). The lowest BCUT2D eigenvalue weighted by Crippen LogP contribution is -2.37. The zero-order valence-electron chi connectivity index (χ0n) is 14.3. The number of halogens is 1. The van der Waals surface area contributed by atoms with Crippen LogP contribution in [0.4, 0.5) is 5.69 Å². The zero-order chi connectivity index (χ0) is 19.7. The van der Waals surface area contributed by atoms with Crippen molar-refractivity contribution in [1.29, 1.82) is 0 Å². The van der Waals surface area contributed by atoms with E-state index >= 15 is 0 Å². The van der Waals surface area contributed by atoms with Crippen LogP contribution < -0.4 is 5.32 Å². The summed E-state index contributed by atoms with van der Waals surface area (Å²) in [6.07, 6.45) is -0.00352. The number of benzene rings is 2. The summed E-state index contributed by atoms with van der Waals surface area (Å²) >= 11 is 5.80. The van der Waals surface area contributed by atoms with Gasteiger partial charge in [-0.25, -0.2) is 0 Å². The van der Waals surface area contributed by atoms with Crippen LogP contribution >= 0.6 is 11.6 Å². The van der Waals surface area contributed by atoms with Crippen LogP contribution in [0.5, 0.6) is 0 Å². The highest BCUT2D eigenvalue weighted by Crippen LogP contribution is 2.29. The van der Waals surface area contributed by atoms with Crippen LogP contribution in [0.3, 0.4) is 0 Å². The number of amides is 1. The number of aryl methyl sites for hydroxylation is 1. The van der Waals surface area contributed by atoms with Crippen LogP contribution in [0.1, 0.15) is 45.9 Å². The molecule has 8 heteroatoms. The Morgan fingerprint density at radius 3 is 2.63 bits per heavy atom. The second-order valence-corrected chi connectivity index (χ2v) is 6.80. The minimum absolute atomic E-state index is 0.0806. The highest BCUT2D eigenvalue weighted by atomic mass is 35.5. The van der Waals surface area contributed by atoms with Crippen molar-refractivity contribution >= 4 is 34.8 Å². The van der Waals surface area contributed by atoms with E-state index in [0.717, 1.165) is 11.6 Å². The van der Waals surface area contributed by atoms with Gasteiger partial charge in [-0.1, -0.05) is 23.7 Å². The third-order valence-corrected chi connectivity index (χ3v) is 4.68. The lowest BCUT2D eigenvalue weighted by molar-refractivity contribution is -0.385. The molecule has 0 saturated carbocycles. The van der Waals surface area contributed by atoms with Gasteiger partial charge in [-0.15, -0.1) is 0 Å². The molecule has 0 bridgehead atoms. The molecule has 1 N–H and O–H groups in total. The molecule has 0 radical (unpaired) electrons. The highest BCUT2D eigenvalue weighted by Gasteiger charge is 2.28. The maximum Gasteiger partial charge on any atom is 0.282 e. The molecular formula is C19H15ClN2O5. The molecule has 2 aromatic rings. The van der Waals surface area contributed by atoms with E-state index in [2.05, 4.69) is 5.32 Å². The second-order valence-electron chi connectivity index (χ2n) is 6.36. The molecule has 1 aliphatic heterocycles. The van der Waals surface area contributed by atoms with Crippen molar-refractivity contribution in [2.24, 2.45) is 0 Å². The lowest BCUT2D eigenvalue weighted by atomic mass is 9.90. The van der Waals surface area contributed by atoms with Gasteiger partial charge in [0.25, 0.3) is 5.69 Å². The minimum Gasteiger partial charge on any atom is -0.348 e. The van der Waals surface area contributed by atoms with E-state index in [0.29, 0.717) is 5.56 Å². The van der Waals surface area contributed by atoms with Crippen molar-refractivity contribution in [3.63, 3.8) is 0 Å². The number of ketones is 2. The van der Waals surface area contributed by atoms with Crippen molar-refractivity contribution in [2.45, 2.75) is 25.8 Å². The Morgan fingerprint density at radius 1 is 1.22 bits per heavy atom. The van der Waals surface area contributed by atoms with Crippen molar-refractivity contribution in [2.75, 3.05) is 0 Å². The van der Waals surface area contributed by atoms with Crippen molar-refractivity contribution < 1.29 is 19.3 Å². The Kier molecular flexibility index (Phi) is 5.05. The Labute approximate surface area is 159 Å². The molecule has 7 nitrogen and oxygen atoms in total. The molecule has 1 atom stereocenters. The quantitative estimate of drug-likeness (QED) is 0.375. The van der Waals surface area contributed by atoms with Crippen LogP contribution in [0, 0.1) is 17.0 Å². The molecule has 1 aliphatic rings. The number of nitrogens with zero attached hydrogens (tertiary/aromatic N) is 1. The van der Waals surface area contributed by atoms with Crippen LogP contribution in [0.15, 0.2) is 36.4 Å². The van der Waals surface area contributed by atoms with Gasteiger partial charge in [-0.2, -0.15) is 0 Å². The second kappa shape index (κ2) is 7.28. The zero-order valence-corrected chi connectivity index (χ0v) is 15.1. The number of hydrogen-bond donors (Lipinski definition) is 1. The van der Waals surface area contributed by atoms with E-state index in [-0.39, 0.29) is 46.4 Å². The van der Waals surface area contributed by atoms with E-state index in [4.69, 9.17) is 11.6 Å². The fourth-order valence-electron chi connectivity index (χ4n) is 3.12. The average molecular weight is 387 g/mol. The van der Waals surface area contributed by atoms with E-state index in [1.54, 1.807) is 25.1 Å². The molecule has 138 valence electrons. The fraction of sp³-hybridized carbons (Fsp3) is 0.211. The highest BCUT2D eigenvalue weighted by molar-refractivity contribution is 6.31. The molecule has 27 heavy (non-hydrogen) atoms. The summed E-state index contributed by atoms with van der Waals surface area (Å²) in [5.74, 6) is -1.07. The Bertz CT molecular complexity index is 970. The summed E-state index contributed by atoms with van der Waals surface area (Å²) < 4.78 is 0. The topological polar surface area (TPSA) is 106 Å². The SMILES string of the molecule is Cc1ccc(C(=O)c2ccc(Cl)cc2[N+](=O)[O-])cc1C1CC(=O)CC(=O)N1. The van der Waals surface area contributed by atoms with Gasteiger partial charge < -0.3 is 5.32 Å². The summed E-state index contributed by atoms with van der Waals surface area (Å²) in [7, 11) is 0. The first kappa shape index (κ1) is 18.7. The first-order chi connectivity index (χ1) is 12.8. The fourth-order valence-corrected chi connectivity index (χ4v) is 3.29. The first-order valence-corrected chi connectivity index (χ1v) is 8.54. The van der Waals surface area contributed by atoms with E-state index < -0.39 is 16.7 Å². The van der Waals surface area contributed by atoms with Gasteiger partial charge in [0, 0.05) is 23.1 Å². The molecule has 3 rings (SSSR count). The van der Waals surface area contributed by atoms with Crippen molar-refractivity contribution in [3.05, 3.63) is 73.8 Å². The average Bonchev–Trinajstić information content (AvgIpc) is 2.60. The third kappa shape index (κ3) is 3.88. The minimum atomic E-state index is -0.658. The van der Waals surface area contributed by atoms with Crippen LogP contribution in [0.2, 0.25) is 5.02 Å². The predicted molar refractivity (Wildman–Crippen MR) is 97.8 cm³/mol. The van der Waals surface area contributed by atoms with E-state index in [9.17, 15) is 24.5 Å². The molecule has 0 spiro atoms. The number of carbonyl (C=O) groups excluding carboxylic acids is 3. The summed E-state index contributed by atoms with van der Waals surface area (Å²) in [6.45, 7) is 1.81. The third-order valence-electron chi connectivity index (χ3n) is 4.44. The van der Waals surface area contributed by atoms with E-state index in [1.165, 1.54) is 12.1 Å². The molecule has 0 aliphatic carbocycles. The van der Waals surface area contributed by atoms with Crippen LogP contribution in [-0.4, -0.2) is 22.4 Å². The van der Waals surface area contributed by atoms with Gasteiger partial charge in [0.2, 0.25) is 5.91 Å². The summed E-state index contributed by atoms with van der Waals surface area (Å²) in [4.78, 5) is 46.9. The molecule has 2 aromatic carbocycles. The monoisotopic (exact) mass is 386 g/mol. The molecule has 1 amide bonds. The summed E-state index contributed by atoms with van der Waals surface area (Å²) in [6, 6.07) is 8.16. The number of rotatable bonds is 4. The number of nitro benzene ring substituents is 1. The Hall–Kier alpha value is -3.06. The normalized spacial score (nSPS) is 16.7. The molecule has 1 saturated heterocycles. The molecule has 1 unspecified atom stereocenters. The summed E-state index contributed by atoms with van der Waals surface area (Å²) in [5, 5.41) is 14.2. The van der Waals surface area contributed by atoms with Gasteiger partial charge in [-0.3, -0.25) is 24.5 Å². The maximum absolute atomic E-state index is 12.9. The van der Waals surface area contributed by atoms with Gasteiger partial charge in [0.1, 0.15) is 11.3 Å². The Morgan fingerprint density at radius 2 is 1.96 bits per heavy atom. The van der Waals surface area contributed by atoms with Gasteiger partial charge in [0.05, 0.1) is 17.4 Å². The predicted octanol–water partition coefficient (Wildman–Crippen LogP) is 3.31. The number of nitrogens with one attached hydrogen (secondary N) is 1. The van der Waals surface area contributed by atoms with Crippen LogP contribution in [0.25, 0.3) is 0 Å². The Balaban J connectivity index is 2.01. The van der Waals surface area contributed by atoms with Gasteiger partial charge >= 0.3 is 0 Å². The molecule has 1 heterocycles. The number of nitro groups is 1. The molecule has 1 fully saturated rings. The van der Waals surface area contributed by atoms with Crippen molar-refractivity contribution in [3.8, 4) is 0 Å². The first-order valence-electron chi connectivity index (χ1n) is 8.16. The maximum atomic E-state index is 12.9. The van der Waals surface area contributed by atoms with Gasteiger partial charge in [0.15, 0.2) is 5.78 Å². The molecule has 0 aromatic heterocycles. The number of hydrogen-bond acceptors (Lipinski definition) is 5. The van der Waals surface area contributed by atoms with Gasteiger partial charge in [-0.05, 0) is 36.2 Å². The summed E-state index contributed by atoms with van der Waals surface area (Å²) in [5.41, 5.74) is 1.21. The van der Waals surface area contributed by atoms with E-state index in [1.807, 2.05) is 0 Å². The number of piperidine rings is 1.